The van der Waals surface area contributed by atoms with Crippen LogP contribution in [0.15, 0.2) is 69.9 Å². The first-order chi connectivity index (χ1) is 12.5. The van der Waals surface area contributed by atoms with Gasteiger partial charge in [0.25, 0.3) is 0 Å². The number of carbonyl (C=O) groups is 1. The van der Waals surface area contributed by atoms with Crippen molar-refractivity contribution in [3.63, 3.8) is 0 Å². The predicted molar refractivity (Wildman–Crippen MR) is 94.7 cm³/mol. The summed E-state index contributed by atoms with van der Waals surface area (Å²) in [5, 5.41) is 19.9. The zero-order chi connectivity index (χ0) is 18.3. The lowest BCUT2D eigenvalue weighted by Crippen LogP contribution is -2.09. The Balaban J connectivity index is 1.79. The van der Waals surface area contributed by atoms with E-state index < -0.39 is 5.97 Å². The van der Waals surface area contributed by atoms with Crippen LogP contribution in [0.1, 0.15) is 10.4 Å². The van der Waals surface area contributed by atoms with E-state index in [1.165, 1.54) is 36.4 Å². The van der Waals surface area contributed by atoms with E-state index in [2.05, 4.69) is 0 Å². The molecule has 3 aromatic carbocycles. The van der Waals surface area contributed by atoms with Crippen LogP contribution in [0, 0.1) is 0 Å². The number of benzene rings is 3. The molecule has 0 saturated heterocycles. The highest BCUT2D eigenvalue weighted by Crippen LogP contribution is 2.30. The molecule has 0 aliphatic heterocycles. The van der Waals surface area contributed by atoms with Crippen LogP contribution in [0.25, 0.3) is 21.9 Å². The normalized spacial score (nSPS) is 10.9. The number of carbonyl (C=O) groups excluding carboxylic acids is 1. The van der Waals surface area contributed by atoms with Crippen molar-refractivity contribution >= 4 is 27.9 Å². The minimum Gasteiger partial charge on any atom is -0.508 e. The minimum atomic E-state index is -0.674. The van der Waals surface area contributed by atoms with Crippen molar-refractivity contribution in [2.24, 2.45) is 0 Å². The van der Waals surface area contributed by atoms with Crippen molar-refractivity contribution in [2.75, 3.05) is 0 Å². The smallest absolute Gasteiger partial charge is 0.343 e. The van der Waals surface area contributed by atoms with Gasteiger partial charge in [-0.15, -0.1) is 0 Å². The van der Waals surface area contributed by atoms with Crippen LogP contribution >= 0.6 is 0 Å². The predicted octanol–water partition coefficient (Wildman–Crippen LogP) is 3.58. The Kier molecular flexibility index (Phi) is 3.58. The van der Waals surface area contributed by atoms with E-state index in [0.29, 0.717) is 11.0 Å². The Morgan fingerprint density at radius 3 is 2.42 bits per heavy atom. The molecule has 0 aliphatic carbocycles. The van der Waals surface area contributed by atoms with Crippen LogP contribution in [-0.4, -0.2) is 16.2 Å². The van der Waals surface area contributed by atoms with Gasteiger partial charge in [-0.25, -0.2) is 4.79 Å². The Morgan fingerprint density at radius 1 is 0.923 bits per heavy atom. The number of para-hydroxylation sites is 1. The van der Waals surface area contributed by atoms with Gasteiger partial charge in [0, 0.05) is 12.1 Å². The number of fused-ring (bicyclic) bond motifs is 2. The summed E-state index contributed by atoms with van der Waals surface area (Å²) >= 11 is 0. The summed E-state index contributed by atoms with van der Waals surface area (Å²) in [6.45, 7) is 0. The molecule has 0 bridgehead atoms. The fourth-order valence-electron chi connectivity index (χ4n) is 2.70. The first-order valence-electron chi connectivity index (χ1n) is 7.73. The van der Waals surface area contributed by atoms with Gasteiger partial charge in [0.15, 0.2) is 0 Å². The lowest BCUT2D eigenvalue weighted by molar-refractivity contribution is 0.0735. The lowest BCUT2D eigenvalue weighted by Gasteiger charge is -2.08. The van der Waals surface area contributed by atoms with Gasteiger partial charge in [-0.3, -0.25) is 4.79 Å². The van der Waals surface area contributed by atoms with Crippen LogP contribution < -0.4 is 10.2 Å². The maximum atomic E-state index is 12.5. The Morgan fingerprint density at radius 2 is 1.65 bits per heavy atom. The van der Waals surface area contributed by atoms with Crippen molar-refractivity contribution in [2.45, 2.75) is 0 Å². The Hall–Kier alpha value is -3.80. The fraction of sp³-hybridized carbons (Fsp3) is 0. The number of rotatable bonds is 2. The monoisotopic (exact) mass is 348 g/mol. The average Bonchev–Trinajstić information content (AvgIpc) is 2.62. The number of phenols is 2. The van der Waals surface area contributed by atoms with Gasteiger partial charge >= 0.3 is 5.97 Å². The fourth-order valence-corrected chi connectivity index (χ4v) is 2.70. The summed E-state index contributed by atoms with van der Waals surface area (Å²) in [4.78, 5) is 24.7. The molecule has 1 heterocycles. The van der Waals surface area contributed by atoms with Crippen LogP contribution in [0.4, 0.5) is 0 Å². The van der Waals surface area contributed by atoms with Crippen molar-refractivity contribution in [1.82, 2.24) is 0 Å². The maximum absolute atomic E-state index is 12.5. The summed E-state index contributed by atoms with van der Waals surface area (Å²) in [6.07, 6.45) is 0. The average molecular weight is 348 g/mol. The molecule has 128 valence electrons. The van der Waals surface area contributed by atoms with E-state index in [0.717, 1.165) is 0 Å². The van der Waals surface area contributed by atoms with E-state index in [1.807, 2.05) is 0 Å². The van der Waals surface area contributed by atoms with Crippen molar-refractivity contribution in [3.8, 4) is 17.2 Å². The number of aromatic hydroxyl groups is 2. The van der Waals surface area contributed by atoms with Crippen LogP contribution in [0.3, 0.4) is 0 Å². The van der Waals surface area contributed by atoms with E-state index in [-0.39, 0.29) is 39.2 Å². The SMILES string of the molecule is O=C(Oc1cc(O)c2c(=O)c3ccccc3oc2c1)c1ccc(O)cc1. The third kappa shape index (κ3) is 2.63. The van der Waals surface area contributed by atoms with Crippen molar-refractivity contribution < 1.29 is 24.2 Å². The largest absolute Gasteiger partial charge is 0.508 e. The van der Waals surface area contributed by atoms with Gasteiger partial charge in [0.05, 0.1) is 10.9 Å². The van der Waals surface area contributed by atoms with Gasteiger partial charge in [-0.2, -0.15) is 0 Å². The second-order valence-corrected chi connectivity index (χ2v) is 5.68. The number of esters is 1. The highest BCUT2D eigenvalue weighted by molar-refractivity contribution is 5.95. The zero-order valence-corrected chi connectivity index (χ0v) is 13.3. The summed E-state index contributed by atoms with van der Waals surface area (Å²) in [5.74, 6) is -0.951. The Bertz CT molecular complexity index is 1200. The molecule has 0 radical (unpaired) electrons. The summed E-state index contributed by atoms with van der Waals surface area (Å²) in [6, 6.07) is 14.8. The van der Waals surface area contributed by atoms with E-state index >= 15 is 0 Å². The molecular weight excluding hydrogens is 336 g/mol. The molecule has 0 fully saturated rings. The van der Waals surface area contributed by atoms with E-state index in [4.69, 9.17) is 9.15 Å². The van der Waals surface area contributed by atoms with E-state index in [9.17, 15) is 19.8 Å². The van der Waals surface area contributed by atoms with Gasteiger partial charge < -0.3 is 19.4 Å². The molecule has 0 aliphatic rings. The molecule has 6 nitrogen and oxygen atoms in total. The molecule has 0 spiro atoms. The number of hydrogen-bond donors (Lipinski definition) is 2. The third-order valence-corrected chi connectivity index (χ3v) is 3.95. The standard InChI is InChI=1S/C20H12O6/c21-12-7-5-11(6-8-12)20(24)25-13-9-15(22)18-17(10-13)26-16-4-2-1-3-14(16)19(18)23/h1-10,21-22H. The first kappa shape index (κ1) is 15.7. The molecule has 26 heavy (non-hydrogen) atoms. The summed E-state index contributed by atoms with van der Waals surface area (Å²) in [5.41, 5.74) is 0.340. The number of ether oxygens (including phenoxy) is 1. The molecule has 6 heteroatoms. The first-order valence-corrected chi connectivity index (χ1v) is 7.73. The van der Waals surface area contributed by atoms with Gasteiger partial charge in [-0.05, 0) is 36.4 Å². The molecule has 0 saturated carbocycles. The van der Waals surface area contributed by atoms with Crippen LogP contribution in [-0.2, 0) is 0 Å². The number of phenolic OH excluding ortho intramolecular Hbond substituents is 2. The molecule has 0 atom stereocenters. The molecule has 2 N–H and O–H groups in total. The topological polar surface area (TPSA) is 97.0 Å². The zero-order valence-electron chi connectivity index (χ0n) is 13.3. The summed E-state index contributed by atoms with van der Waals surface area (Å²) in [7, 11) is 0. The Labute approximate surface area is 146 Å². The maximum Gasteiger partial charge on any atom is 0.343 e. The van der Waals surface area contributed by atoms with Gasteiger partial charge in [-0.1, -0.05) is 12.1 Å². The van der Waals surface area contributed by atoms with Crippen molar-refractivity contribution in [3.05, 3.63) is 76.5 Å². The van der Waals surface area contributed by atoms with Gasteiger partial charge in [0.1, 0.15) is 33.8 Å². The molecule has 4 aromatic rings. The molecular formula is C20H12O6. The highest BCUT2D eigenvalue weighted by Gasteiger charge is 2.15. The van der Waals surface area contributed by atoms with Crippen molar-refractivity contribution in [1.29, 1.82) is 0 Å². The molecule has 0 amide bonds. The highest BCUT2D eigenvalue weighted by atomic mass is 16.5. The number of hydrogen-bond acceptors (Lipinski definition) is 6. The van der Waals surface area contributed by atoms with Crippen LogP contribution in [0.2, 0.25) is 0 Å². The van der Waals surface area contributed by atoms with E-state index in [1.54, 1.807) is 24.3 Å². The molecule has 1 aromatic heterocycles. The minimum absolute atomic E-state index is 0.0214. The molecule has 4 rings (SSSR count). The second kappa shape index (κ2) is 5.93. The second-order valence-electron chi connectivity index (χ2n) is 5.68. The van der Waals surface area contributed by atoms with Crippen LogP contribution in [0.5, 0.6) is 17.2 Å². The summed E-state index contributed by atoms with van der Waals surface area (Å²) < 4.78 is 10.9. The van der Waals surface area contributed by atoms with Gasteiger partial charge in [0.2, 0.25) is 5.43 Å². The quantitative estimate of drug-likeness (QED) is 0.326. The molecule has 0 unspecified atom stereocenters. The lowest BCUT2D eigenvalue weighted by atomic mass is 10.1. The third-order valence-electron chi connectivity index (χ3n) is 3.95.